The number of anilines is 2. The standard InChI is InChI=1S/C65H71BrClF3N10O9S2/c1-64(2)19-17-44(52(34-64)42-5-7-45(67)8-6-42)38-77-23-27-79(28-24-77)47-11-13-50(57(32-47)89-48-31-43-18-20-71-60(43)73-36-48)61(82)75-91(87,88)49-12-14-55(58(33-49)90(85,86)65(68,69)70)72-35-40-3-9-46(10-4-40)78-25-21-76(22-26-78)37-41-29-51-53(54(66)30-41)39-80(63(51)84)56-15-16-59(81)74-62(56)83/h5-8,11-14,18,20,29-33,36,40,46,56,72H,3-4,9-10,15-17,19,21-28,34-35,37-39H2,1-2H3,(H,71,73)(H,75,82)(H,74,81,83)/t40-,46-,56?. The average Bonchev–Trinajstić information content (AvgIpc) is 1.82. The number of aromatic amines is 1. The lowest BCUT2D eigenvalue weighted by atomic mass is 9.72. The molecule has 19 nitrogen and oxygen atoms in total. The molecule has 0 radical (unpaired) electrons. The minimum Gasteiger partial charge on any atom is -0.455 e. The quantitative estimate of drug-likeness (QED) is 0.0623. The number of aromatic nitrogens is 2. The molecule has 1 atom stereocenters. The lowest BCUT2D eigenvalue weighted by Crippen LogP contribution is -2.52. The second kappa shape index (κ2) is 25.9. The van der Waals surface area contributed by atoms with Crippen molar-refractivity contribution in [2.24, 2.45) is 11.3 Å². The first-order chi connectivity index (χ1) is 43.3. The Morgan fingerprint density at radius 2 is 1.56 bits per heavy atom. The number of nitrogens with one attached hydrogen (secondary N) is 4. The molecule has 4 aromatic carbocycles. The maximum Gasteiger partial charge on any atom is 0.501 e. The number of allylic oxidation sites excluding steroid dienone is 1. The number of alkyl halides is 3. The number of ether oxygens (including phenoxy) is 1. The van der Waals surface area contributed by atoms with E-state index < -0.39 is 58.7 Å². The molecule has 4 amide bonds. The van der Waals surface area contributed by atoms with Crippen LogP contribution in [0.1, 0.15) is 109 Å². The van der Waals surface area contributed by atoms with Crippen molar-refractivity contribution in [3.05, 3.63) is 140 Å². The molecule has 4 N–H and O–H groups in total. The normalized spacial score (nSPS) is 21.5. The number of nitrogens with zero attached hydrogens (tertiary/aromatic N) is 6. The highest BCUT2D eigenvalue weighted by molar-refractivity contribution is 9.10. The topological polar surface area (TPSA) is 227 Å². The van der Waals surface area contributed by atoms with Crippen LogP contribution in [0, 0.1) is 11.3 Å². The zero-order valence-electron chi connectivity index (χ0n) is 50.4. The van der Waals surface area contributed by atoms with Crippen molar-refractivity contribution >= 4 is 99.0 Å². The van der Waals surface area contributed by atoms with Crippen LogP contribution in [0.3, 0.4) is 0 Å². The van der Waals surface area contributed by atoms with Crippen LogP contribution in [0.5, 0.6) is 11.5 Å². The largest absolute Gasteiger partial charge is 0.501 e. The fourth-order valence-electron chi connectivity index (χ4n) is 13.7. The molecule has 6 aromatic rings. The highest BCUT2D eigenvalue weighted by Crippen LogP contribution is 2.44. The molecule has 12 rings (SSSR count). The molecule has 4 fully saturated rings. The number of amides is 4. The number of carbonyl (C=O) groups is 4. The van der Waals surface area contributed by atoms with Crippen molar-refractivity contribution in [1.82, 2.24) is 39.6 Å². The Balaban J connectivity index is 0.680. The molecule has 6 heterocycles. The highest BCUT2D eigenvalue weighted by Gasteiger charge is 2.49. The van der Waals surface area contributed by atoms with E-state index in [1.807, 2.05) is 29.0 Å². The van der Waals surface area contributed by atoms with Crippen LogP contribution in [-0.4, -0.2) is 153 Å². The van der Waals surface area contributed by atoms with Crippen LogP contribution in [-0.2, 0) is 42.5 Å². The average molecular weight is 1370 g/mol. The number of benzene rings is 4. The van der Waals surface area contributed by atoms with Gasteiger partial charge in [-0.3, -0.25) is 39.2 Å². The number of carbonyl (C=O) groups excluding carboxylic acids is 4. The number of piperidine rings is 1. The highest BCUT2D eigenvalue weighted by atomic mass is 79.9. The Hall–Kier alpha value is -6.87. The molecule has 2 aliphatic carbocycles. The lowest BCUT2D eigenvalue weighted by Gasteiger charge is -2.42. The van der Waals surface area contributed by atoms with Crippen LogP contribution in [0.4, 0.5) is 24.5 Å². The van der Waals surface area contributed by atoms with E-state index in [0.717, 1.165) is 106 Å². The van der Waals surface area contributed by atoms with Gasteiger partial charge in [0.1, 0.15) is 28.1 Å². The number of halogens is 5. The summed E-state index contributed by atoms with van der Waals surface area (Å²) in [5.74, 6) is -2.03. The number of fused-ring (bicyclic) bond motifs is 2. The minimum atomic E-state index is -6.12. The van der Waals surface area contributed by atoms with Gasteiger partial charge in [0.25, 0.3) is 31.7 Å². The van der Waals surface area contributed by atoms with Crippen molar-refractivity contribution in [2.45, 2.75) is 112 Å². The van der Waals surface area contributed by atoms with E-state index in [1.54, 1.807) is 30.5 Å². The van der Waals surface area contributed by atoms with Gasteiger partial charge in [0.05, 0.1) is 22.3 Å². The zero-order chi connectivity index (χ0) is 64.1. The minimum absolute atomic E-state index is 0.0243. The first-order valence-electron chi connectivity index (χ1n) is 30.7. The van der Waals surface area contributed by atoms with Gasteiger partial charge in [0.15, 0.2) is 0 Å². The Kier molecular flexibility index (Phi) is 18.3. The molecule has 0 spiro atoms. The summed E-state index contributed by atoms with van der Waals surface area (Å²) in [4.78, 5) is 68.3. The molecule has 2 aromatic heterocycles. The zero-order valence-corrected chi connectivity index (χ0v) is 54.4. The van der Waals surface area contributed by atoms with Crippen molar-refractivity contribution in [3.63, 3.8) is 0 Å². The number of hydrogen-bond donors (Lipinski definition) is 4. The number of hydrogen-bond acceptors (Lipinski definition) is 15. The molecule has 482 valence electrons. The summed E-state index contributed by atoms with van der Waals surface area (Å²) < 4.78 is 107. The molecule has 3 saturated heterocycles. The second-order valence-corrected chi connectivity index (χ2v) is 30.4. The first kappa shape index (κ1) is 64.2. The lowest BCUT2D eigenvalue weighted by molar-refractivity contribution is -0.136. The van der Waals surface area contributed by atoms with E-state index in [2.05, 4.69) is 82.1 Å². The summed E-state index contributed by atoms with van der Waals surface area (Å²) >= 11 is 9.92. The summed E-state index contributed by atoms with van der Waals surface area (Å²) in [6.07, 6.45) is 9.65. The summed E-state index contributed by atoms with van der Waals surface area (Å²) in [6.45, 7) is 12.3. The Labute approximate surface area is 540 Å². The van der Waals surface area contributed by atoms with Crippen molar-refractivity contribution < 1.29 is 53.9 Å². The SMILES string of the molecule is CC1(C)CCC(CN2CCN(c3ccc(C(=O)NS(=O)(=O)c4ccc(NC[C@H]5CC[C@H](N6CCN(Cc7cc(Br)c8c(c7)C(=O)N(C7CCC(=O)NC7=O)C8)CC6)CC5)c(S(=O)(=O)C(F)(F)F)c4)c(Oc4cnc5[nH]ccc5c4)c3)CC2)=C(c2ccc(Cl)cc2)C1. The number of rotatable bonds is 17. The van der Waals surface area contributed by atoms with Gasteiger partial charge in [0, 0.05) is 129 Å². The third-order valence-electron chi connectivity index (χ3n) is 18.8. The van der Waals surface area contributed by atoms with Crippen LogP contribution < -0.4 is 25.0 Å². The van der Waals surface area contributed by atoms with Crippen molar-refractivity contribution in [1.29, 1.82) is 0 Å². The number of sulfone groups is 1. The van der Waals surface area contributed by atoms with Crippen LogP contribution in [0.25, 0.3) is 16.6 Å². The molecule has 6 aliphatic rings. The summed E-state index contributed by atoms with van der Waals surface area (Å²) in [5.41, 5.74) is 1.27. The van der Waals surface area contributed by atoms with Crippen LogP contribution in [0.2, 0.25) is 5.02 Å². The predicted octanol–water partition coefficient (Wildman–Crippen LogP) is 10.5. The van der Waals surface area contributed by atoms with Crippen LogP contribution in [0.15, 0.2) is 117 Å². The van der Waals surface area contributed by atoms with E-state index in [4.69, 9.17) is 16.3 Å². The van der Waals surface area contributed by atoms with Crippen LogP contribution >= 0.6 is 27.5 Å². The number of piperazine rings is 2. The molecular formula is C65H71BrClF3N10O9S2. The Morgan fingerprint density at radius 3 is 2.29 bits per heavy atom. The molecule has 0 bridgehead atoms. The number of sulfonamides is 1. The van der Waals surface area contributed by atoms with Gasteiger partial charge in [-0.25, -0.2) is 26.5 Å². The Bertz CT molecular complexity index is 4090. The van der Waals surface area contributed by atoms with Crippen molar-refractivity contribution in [2.75, 3.05) is 75.7 Å². The summed E-state index contributed by atoms with van der Waals surface area (Å²) in [7, 11) is -11.2. The van der Waals surface area contributed by atoms with E-state index >= 15 is 0 Å². The third kappa shape index (κ3) is 14.1. The Morgan fingerprint density at radius 1 is 0.835 bits per heavy atom. The van der Waals surface area contributed by atoms with E-state index in [0.29, 0.717) is 65.8 Å². The number of H-pyrrole nitrogens is 1. The molecule has 1 unspecified atom stereocenters. The smallest absolute Gasteiger partial charge is 0.455 e. The number of pyridine rings is 1. The number of imide groups is 1. The monoisotopic (exact) mass is 1370 g/mol. The molecular weight excluding hydrogens is 1300 g/mol. The fraction of sp³-hybridized carbons (Fsp3) is 0.431. The van der Waals surface area contributed by atoms with Gasteiger partial charge >= 0.3 is 5.51 Å². The van der Waals surface area contributed by atoms with Gasteiger partial charge in [-0.2, -0.15) is 13.2 Å². The van der Waals surface area contributed by atoms with Gasteiger partial charge in [0.2, 0.25) is 11.8 Å². The maximum atomic E-state index is 14.4. The third-order valence-corrected chi connectivity index (χ3v) is 22.6. The molecule has 4 aliphatic heterocycles. The van der Waals surface area contributed by atoms with Crippen molar-refractivity contribution in [3.8, 4) is 11.5 Å². The second-order valence-electron chi connectivity index (χ2n) is 25.5. The van der Waals surface area contributed by atoms with Gasteiger partial charge in [-0.05, 0) is 152 Å². The van der Waals surface area contributed by atoms with Gasteiger partial charge < -0.3 is 24.8 Å². The summed E-state index contributed by atoms with van der Waals surface area (Å²) in [6, 6.07) is 22.1. The van der Waals surface area contributed by atoms with Gasteiger partial charge in [-0.15, -0.1) is 0 Å². The molecule has 91 heavy (non-hydrogen) atoms. The maximum absolute atomic E-state index is 14.4. The van der Waals surface area contributed by atoms with E-state index in [1.165, 1.54) is 33.9 Å². The molecule has 1 saturated carbocycles. The van der Waals surface area contributed by atoms with E-state index in [9.17, 15) is 49.2 Å². The predicted molar refractivity (Wildman–Crippen MR) is 343 cm³/mol. The van der Waals surface area contributed by atoms with Gasteiger partial charge in [-0.1, -0.05) is 59.1 Å². The summed E-state index contributed by atoms with van der Waals surface area (Å²) in [5, 5.41) is 6.64. The molecule has 26 heteroatoms. The first-order valence-corrected chi connectivity index (χ1v) is 34.9. The fourth-order valence-corrected chi connectivity index (χ4v) is 16.4. The van der Waals surface area contributed by atoms with E-state index in [-0.39, 0.29) is 72.2 Å².